The van der Waals surface area contributed by atoms with Crippen LogP contribution in [-0.2, 0) is 4.74 Å². The summed E-state index contributed by atoms with van der Waals surface area (Å²) in [6, 6.07) is 7.05. The third-order valence-corrected chi connectivity index (χ3v) is 5.47. The topological polar surface area (TPSA) is 186 Å². The van der Waals surface area contributed by atoms with E-state index in [1.807, 2.05) is 0 Å². The van der Waals surface area contributed by atoms with Crippen LogP contribution in [0.1, 0.15) is 28.4 Å². The lowest BCUT2D eigenvalue weighted by Gasteiger charge is -2.40. The molecule has 4 rings (SSSR count). The Morgan fingerprint density at radius 2 is 1.69 bits per heavy atom. The molecular weight excluding hydrogens is 428 g/mol. The van der Waals surface area contributed by atoms with Gasteiger partial charge >= 0.3 is 0 Å². The first-order chi connectivity index (χ1) is 15.2. The first kappa shape index (κ1) is 22.1. The lowest BCUT2D eigenvalue weighted by atomic mass is 9.95. The minimum absolute atomic E-state index is 0.0362. The monoisotopic (exact) mass is 450 g/mol. The van der Waals surface area contributed by atoms with Crippen molar-refractivity contribution < 1.29 is 54.8 Å². The van der Waals surface area contributed by atoms with Crippen molar-refractivity contribution in [2.75, 3.05) is 6.61 Å². The van der Waals surface area contributed by atoms with Gasteiger partial charge in [-0.05, 0) is 17.7 Å². The zero-order chi connectivity index (χ0) is 23.2. The molecule has 32 heavy (non-hydrogen) atoms. The van der Waals surface area contributed by atoms with E-state index in [2.05, 4.69) is 0 Å². The molecule has 0 spiro atoms. The summed E-state index contributed by atoms with van der Waals surface area (Å²) in [5.74, 6) is -2.62. The van der Waals surface area contributed by atoms with E-state index in [-0.39, 0.29) is 23.5 Å². The number of hydrogen-bond donors (Lipinski definition) is 7. The first-order valence-corrected chi connectivity index (χ1v) is 9.76. The fourth-order valence-corrected chi connectivity index (χ4v) is 3.70. The summed E-state index contributed by atoms with van der Waals surface area (Å²) in [7, 11) is 0. The van der Waals surface area contributed by atoms with E-state index in [0.29, 0.717) is 5.56 Å². The molecule has 2 heterocycles. The average Bonchev–Trinajstić information content (AvgIpc) is 2.77. The van der Waals surface area contributed by atoms with Crippen LogP contribution < -0.4 is 9.47 Å². The number of fused-ring (bicyclic) bond motifs is 1. The maximum absolute atomic E-state index is 12.9. The number of carbonyl (C=O) groups excluding carboxylic acids is 1. The molecule has 0 unspecified atom stereocenters. The Bertz CT molecular complexity index is 1000. The number of aromatic hydroxyl groups is 3. The lowest BCUT2D eigenvalue weighted by Crippen LogP contribution is -2.60. The van der Waals surface area contributed by atoms with E-state index in [4.69, 9.17) is 14.2 Å². The number of aliphatic hydroxyl groups is 4. The summed E-state index contributed by atoms with van der Waals surface area (Å²) in [4.78, 5) is 12.9. The molecule has 0 amide bonds. The van der Waals surface area contributed by atoms with E-state index < -0.39 is 66.4 Å². The van der Waals surface area contributed by atoms with Crippen molar-refractivity contribution in [1.29, 1.82) is 0 Å². The van der Waals surface area contributed by atoms with Crippen LogP contribution in [0.15, 0.2) is 30.3 Å². The molecule has 2 aromatic rings. The van der Waals surface area contributed by atoms with Crippen LogP contribution in [0.2, 0.25) is 0 Å². The second-order valence-corrected chi connectivity index (χ2v) is 7.59. The predicted octanol–water partition coefficient (Wildman–Crippen LogP) is -0.311. The number of rotatable bonds is 4. The highest BCUT2D eigenvalue weighted by atomic mass is 16.7. The summed E-state index contributed by atoms with van der Waals surface area (Å²) >= 11 is 0. The summed E-state index contributed by atoms with van der Waals surface area (Å²) in [6.07, 6.45) is -9.03. The quantitative estimate of drug-likeness (QED) is 0.303. The Balaban J connectivity index is 1.68. The highest BCUT2D eigenvalue weighted by Gasteiger charge is 2.46. The Hall–Kier alpha value is -3.09. The maximum Gasteiger partial charge on any atom is 0.229 e. The molecule has 0 aromatic heterocycles. The summed E-state index contributed by atoms with van der Waals surface area (Å²) in [5.41, 5.74) is 0.373. The zero-order valence-corrected chi connectivity index (χ0v) is 16.5. The third-order valence-electron chi connectivity index (χ3n) is 5.47. The van der Waals surface area contributed by atoms with E-state index in [0.717, 1.165) is 6.07 Å². The highest BCUT2D eigenvalue weighted by molar-refractivity contribution is 6.03. The van der Waals surface area contributed by atoms with Gasteiger partial charge in [0, 0.05) is 6.07 Å². The maximum atomic E-state index is 12.9. The third kappa shape index (κ3) is 3.80. The molecule has 2 aliphatic heterocycles. The van der Waals surface area contributed by atoms with Crippen molar-refractivity contribution in [3.8, 4) is 28.7 Å². The minimum Gasteiger partial charge on any atom is -0.508 e. The zero-order valence-electron chi connectivity index (χ0n) is 16.5. The fraction of sp³-hybridized carbons (Fsp3) is 0.381. The van der Waals surface area contributed by atoms with E-state index in [9.17, 15) is 40.5 Å². The predicted molar refractivity (Wildman–Crippen MR) is 105 cm³/mol. The van der Waals surface area contributed by atoms with Gasteiger partial charge in [0.1, 0.15) is 47.6 Å². The van der Waals surface area contributed by atoms with Gasteiger partial charge in [0.05, 0.1) is 13.0 Å². The largest absolute Gasteiger partial charge is 0.508 e. The molecule has 1 saturated heterocycles. The average molecular weight is 450 g/mol. The van der Waals surface area contributed by atoms with Crippen LogP contribution in [0.3, 0.4) is 0 Å². The molecule has 11 nitrogen and oxygen atoms in total. The Morgan fingerprint density at radius 1 is 1.00 bits per heavy atom. The summed E-state index contributed by atoms with van der Waals surface area (Å²) in [5, 5.41) is 69.3. The van der Waals surface area contributed by atoms with Gasteiger partial charge in [0.15, 0.2) is 17.3 Å². The summed E-state index contributed by atoms with van der Waals surface area (Å²) < 4.78 is 16.5. The van der Waals surface area contributed by atoms with Gasteiger partial charge in [-0.25, -0.2) is 0 Å². The molecule has 0 radical (unpaired) electrons. The van der Waals surface area contributed by atoms with Crippen molar-refractivity contribution in [3.05, 3.63) is 41.5 Å². The number of hydrogen-bond acceptors (Lipinski definition) is 11. The van der Waals surface area contributed by atoms with Crippen LogP contribution in [0.25, 0.3) is 0 Å². The van der Waals surface area contributed by atoms with E-state index >= 15 is 0 Å². The number of phenolic OH excluding ortho intramolecular Hbond substituents is 3. The number of ketones is 1. The molecule has 6 atom stereocenters. The first-order valence-electron chi connectivity index (χ1n) is 9.76. The molecule has 1 fully saturated rings. The minimum atomic E-state index is -1.80. The van der Waals surface area contributed by atoms with Crippen LogP contribution in [0, 0.1) is 0 Å². The molecule has 0 aliphatic carbocycles. The van der Waals surface area contributed by atoms with Gasteiger partial charge in [-0.3, -0.25) is 4.79 Å². The van der Waals surface area contributed by atoms with Gasteiger partial charge < -0.3 is 50.0 Å². The molecule has 2 aromatic carbocycles. The molecular formula is C21H22O11. The molecule has 172 valence electrons. The van der Waals surface area contributed by atoms with Gasteiger partial charge in [0.25, 0.3) is 0 Å². The van der Waals surface area contributed by atoms with Crippen molar-refractivity contribution in [3.63, 3.8) is 0 Å². The number of phenols is 3. The van der Waals surface area contributed by atoms with Crippen molar-refractivity contribution >= 4 is 5.78 Å². The lowest BCUT2D eigenvalue weighted by molar-refractivity contribution is -0.277. The second kappa shape index (κ2) is 8.45. The van der Waals surface area contributed by atoms with Crippen LogP contribution in [0.4, 0.5) is 0 Å². The van der Waals surface area contributed by atoms with Crippen LogP contribution in [0.5, 0.6) is 28.7 Å². The van der Waals surface area contributed by atoms with Crippen molar-refractivity contribution in [2.24, 2.45) is 0 Å². The van der Waals surface area contributed by atoms with Gasteiger partial charge in [-0.15, -0.1) is 0 Å². The van der Waals surface area contributed by atoms with Crippen LogP contribution in [-0.4, -0.2) is 78.8 Å². The van der Waals surface area contributed by atoms with Crippen LogP contribution >= 0.6 is 0 Å². The molecule has 2 aliphatic rings. The summed E-state index contributed by atoms with van der Waals surface area (Å²) in [6.45, 7) is -0.703. The number of Topliss-reactive ketones (excluding diaryl/α,β-unsaturated/α-hetero) is 1. The molecule has 0 saturated carbocycles. The highest BCUT2D eigenvalue weighted by Crippen LogP contribution is 2.49. The second-order valence-electron chi connectivity index (χ2n) is 7.59. The van der Waals surface area contributed by atoms with Crippen molar-refractivity contribution in [2.45, 2.75) is 43.2 Å². The van der Waals surface area contributed by atoms with Gasteiger partial charge in [-0.2, -0.15) is 0 Å². The van der Waals surface area contributed by atoms with Crippen molar-refractivity contribution in [1.82, 2.24) is 0 Å². The van der Waals surface area contributed by atoms with E-state index in [1.54, 1.807) is 12.1 Å². The number of aliphatic hydroxyl groups excluding tert-OH is 4. The van der Waals surface area contributed by atoms with Gasteiger partial charge in [0.2, 0.25) is 12.0 Å². The number of ether oxygens (including phenoxy) is 3. The normalized spacial score (nSPS) is 29.8. The Labute approximate surface area is 181 Å². The fourth-order valence-electron chi connectivity index (χ4n) is 3.70. The molecule has 11 heteroatoms. The van der Waals surface area contributed by atoms with Gasteiger partial charge in [-0.1, -0.05) is 12.1 Å². The molecule has 7 N–H and O–H groups in total. The number of benzene rings is 2. The van der Waals surface area contributed by atoms with E-state index in [1.165, 1.54) is 12.1 Å². The molecule has 0 bridgehead atoms. The Morgan fingerprint density at radius 3 is 2.34 bits per heavy atom. The Kier molecular flexibility index (Phi) is 5.84. The number of carbonyl (C=O) groups is 1. The smallest absolute Gasteiger partial charge is 0.229 e. The SMILES string of the molecule is O=C1C[C@@H](c2ccc(O)cc2)Oc2cc(O)c(O)c(O[C@@H]3O[C@H](CO)[C@@H](O)[C@H](O)[C@H]3O)c21. The standard InChI is InChI=1S/C21H22O11/c22-7-14-17(27)18(28)19(29)21(31-14)32-20-15-10(24)5-12(8-1-3-9(23)4-2-8)30-13(15)6-11(25)16(20)26/h1-4,6,12,14,17-19,21-23,25-29H,5,7H2/t12-,14+,17+,18-,19+,21-/m0/s1.